The number of hydrogen-bond acceptors (Lipinski definition) is 2. The minimum atomic E-state index is -0.295. The van der Waals surface area contributed by atoms with Crippen molar-refractivity contribution >= 4 is 5.65 Å². The van der Waals surface area contributed by atoms with Gasteiger partial charge in [-0.05, 0) is 0 Å². The number of pyridine rings is 1. The largest absolute Gasteiger partial charge is 0.326 e. The zero-order chi connectivity index (χ0) is 8.55. The van der Waals surface area contributed by atoms with Gasteiger partial charge in [-0.1, -0.05) is 0 Å². The molecule has 0 amide bonds. The van der Waals surface area contributed by atoms with Crippen molar-refractivity contribution < 1.29 is 4.39 Å². The van der Waals surface area contributed by atoms with Crippen LogP contribution in [0.2, 0.25) is 0 Å². The van der Waals surface area contributed by atoms with Crippen molar-refractivity contribution in [3.05, 3.63) is 36.0 Å². The molecule has 0 unspecified atom stereocenters. The highest BCUT2D eigenvalue weighted by Crippen LogP contribution is 2.09. The first kappa shape index (κ1) is 7.24. The van der Waals surface area contributed by atoms with Crippen LogP contribution in [0.1, 0.15) is 5.56 Å². The molecule has 0 radical (unpaired) electrons. The molecule has 62 valence electrons. The molecule has 0 aliphatic heterocycles. The average molecular weight is 165 g/mol. The molecule has 2 rings (SSSR count). The summed E-state index contributed by atoms with van der Waals surface area (Å²) in [5, 5.41) is 0. The molecule has 2 aromatic heterocycles. The van der Waals surface area contributed by atoms with E-state index < -0.39 is 0 Å². The Morgan fingerprint density at radius 3 is 3.17 bits per heavy atom. The second kappa shape index (κ2) is 2.57. The zero-order valence-corrected chi connectivity index (χ0v) is 6.37. The summed E-state index contributed by atoms with van der Waals surface area (Å²) in [6.07, 6.45) is 5.03. The van der Waals surface area contributed by atoms with Crippen LogP contribution in [0, 0.1) is 5.82 Å². The van der Waals surface area contributed by atoms with Crippen molar-refractivity contribution in [3.63, 3.8) is 0 Å². The Morgan fingerprint density at radius 1 is 1.58 bits per heavy atom. The Kier molecular flexibility index (Phi) is 1.55. The van der Waals surface area contributed by atoms with Crippen LogP contribution in [0.5, 0.6) is 0 Å². The second-order valence-corrected chi connectivity index (χ2v) is 2.54. The highest BCUT2D eigenvalue weighted by Gasteiger charge is 2.02. The average Bonchev–Trinajstić information content (AvgIpc) is 2.49. The Hall–Kier alpha value is -1.42. The van der Waals surface area contributed by atoms with E-state index in [9.17, 15) is 4.39 Å². The molecule has 0 aliphatic rings. The van der Waals surface area contributed by atoms with E-state index in [4.69, 9.17) is 5.73 Å². The number of halogens is 1. The quantitative estimate of drug-likeness (QED) is 0.683. The molecule has 2 heterocycles. The minimum Gasteiger partial charge on any atom is -0.326 e. The summed E-state index contributed by atoms with van der Waals surface area (Å²) in [7, 11) is 0. The summed E-state index contributed by atoms with van der Waals surface area (Å²) in [6.45, 7) is 0.208. The zero-order valence-electron chi connectivity index (χ0n) is 6.37. The van der Waals surface area contributed by atoms with Crippen LogP contribution in [0.25, 0.3) is 5.65 Å². The maximum absolute atomic E-state index is 13.1. The molecule has 0 fully saturated rings. The number of aromatic nitrogens is 2. The molecule has 2 N–H and O–H groups in total. The fraction of sp³-hybridized carbons (Fsp3) is 0.125. The first-order valence-corrected chi connectivity index (χ1v) is 3.62. The van der Waals surface area contributed by atoms with E-state index >= 15 is 0 Å². The van der Waals surface area contributed by atoms with Gasteiger partial charge in [0.25, 0.3) is 0 Å². The van der Waals surface area contributed by atoms with Gasteiger partial charge in [-0.3, -0.25) is 0 Å². The van der Waals surface area contributed by atoms with Crippen molar-refractivity contribution in [1.29, 1.82) is 0 Å². The lowest BCUT2D eigenvalue weighted by atomic mass is 10.3. The summed E-state index contributed by atoms with van der Waals surface area (Å²) < 4.78 is 14.8. The standard InChI is InChI=1S/C8H8FN3/c9-7-3-8-11-1-2-12(8)5-6(7)4-10/h1-3,5H,4,10H2. The fourth-order valence-corrected chi connectivity index (χ4v) is 1.13. The van der Waals surface area contributed by atoms with E-state index in [2.05, 4.69) is 4.98 Å². The van der Waals surface area contributed by atoms with Gasteiger partial charge in [0.1, 0.15) is 11.5 Å². The molecule has 0 atom stereocenters. The van der Waals surface area contributed by atoms with Crippen LogP contribution in [0.4, 0.5) is 4.39 Å². The van der Waals surface area contributed by atoms with Crippen molar-refractivity contribution in [2.24, 2.45) is 5.73 Å². The third-order valence-electron chi connectivity index (χ3n) is 1.78. The van der Waals surface area contributed by atoms with E-state index in [1.807, 2.05) is 0 Å². The highest BCUT2D eigenvalue weighted by molar-refractivity contribution is 5.40. The normalized spacial score (nSPS) is 10.8. The van der Waals surface area contributed by atoms with Crippen LogP contribution in [0.15, 0.2) is 24.7 Å². The third kappa shape index (κ3) is 0.967. The predicted octanol–water partition coefficient (Wildman–Crippen LogP) is 0.932. The third-order valence-corrected chi connectivity index (χ3v) is 1.78. The molecule has 12 heavy (non-hydrogen) atoms. The van der Waals surface area contributed by atoms with Crippen molar-refractivity contribution in [2.75, 3.05) is 0 Å². The first-order valence-electron chi connectivity index (χ1n) is 3.62. The number of rotatable bonds is 1. The van der Waals surface area contributed by atoms with Crippen LogP contribution in [-0.4, -0.2) is 9.38 Å². The van der Waals surface area contributed by atoms with Gasteiger partial charge in [-0.25, -0.2) is 9.37 Å². The monoisotopic (exact) mass is 165 g/mol. The summed E-state index contributed by atoms with van der Waals surface area (Å²) in [5.41, 5.74) is 6.44. The van der Waals surface area contributed by atoms with Crippen LogP contribution >= 0.6 is 0 Å². The summed E-state index contributed by atoms with van der Waals surface area (Å²) >= 11 is 0. The molecular formula is C8H8FN3. The molecule has 2 aromatic rings. The summed E-state index contributed by atoms with van der Waals surface area (Å²) in [5.74, 6) is -0.295. The Labute approximate surface area is 68.6 Å². The highest BCUT2D eigenvalue weighted by atomic mass is 19.1. The van der Waals surface area contributed by atoms with Gasteiger partial charge in [0.05, 0.1) is 0 Å². The summed E-state index contributed by atoms with van der Waals surface area (Å²) in [4.78, 5) is 3.94. The topological polar surface area (TPSA) is 43.3 Å². The molecule has 0 aromatic carbocycles. The van der Waals surface area contributed by atoms with Crippen LogP contribution < -0.4 is 5.73 Å². The van der Waals surface area contributed by atoms with Gasteiger partial charge in [-0.2, -0.15) is 0 Å². The molecular weight excluding hydrogens is 157 g/mol. The Balaban J connectivity index is 2.73. The van der Waals surface area contributed by atoms with E-state index in [1.165, 1.54) is 6.07 Å². The van der Waals surface area contributed by atoms with Gasteiger partial charge in [-0.15, -0.1) is 0 Å². The van der Waals surface area contributed by atoms with E-state index in [1.54, 1.807) is 23.0 Å². The summed E-state index contributed by atoms with van der Waals surface area (Å²) in [6, 6.07) is 1.38. The number of nitrogens with two attached hydrogens (primary N) is 1. The van der Waals surface area contributed by atoms with E-state index in [0.717, 1.165) is 0 Å². The molecule has 0 spiro atoms. The minimum absolute atomic E-state index is 0.208. The smallest absolute Gasteiger partial charge is 0.139 e. The van der Waals surface area contributed by atoms with Crippen LogP contribution in [0.3, 0.4) is 0 Å². The van der Waals surface area contributed by atoms with Crippen molar-refractivity contribution in [2.45, 2.75) is 6.54 Å². The lowest BCUT2D eigenvalue weighted by Gasteiger charge is -2.00. The van der Waals surface area contributed by atoms with Gasteiger partial charge >= 0.3 is 0 Å². The number of nitrogens with zero attached hydrogens (tertiary/aromatic N) is 2. The van der Waals surface area contributed by atoms with E-state index in [0.29, 0.717) is 11.2 Å². The lowest BCUT2D eigenvalue weighted by Crippen LogP contribution is -2.01. The predicted molar refractivity (Wildman–Crippen MR) is 43.0 cm³/mol. The number of imidazole rings is 1. The lowest BCUT2D eigenvalue weighted by molar-refractivity contribution is 0.608. The fourth-order valence-electron chi connectivity index (χ4n) is 1.13. The van der Waals surface area contributed by atoms with Crippen molar-refractivity contribution in [3.8, 4) is 0 Å². The first-order chi connectivity index (χ1) is 5.81. The van der Waals surface area contributed by atoms with Gasteiger partial charge in [0.15, 0.2) is 0 Å². The molecule has 3 nitrogen and oxygen atoms in total. The second-order valence-electron chi connectivity index (χ2n) is 2.54. The molecule has 4 heteroatoms. The Morgan fingerprint density at radius 2 is 2.42 bits per heavy atom. The number of fused-ring (bicyclic) bond motifs is 1. The molecule has 0 saturated carbocycles. The maximum atomic E-state index is 13.1. The maximum Gasteiger partial charge on any atom is 0.139 e. The van der Waals surface area contributed by atoms with Gasteiger partial charge < -0.3 is 10.1 Å². The van der Waals surface area contributed by atoms with Gasteiger partial charge in [0, 0.05) is 36.8 Å². The van der Waals surface area contributed by atoms with E-state index in [-0.39, 0.29) is 12.4 Å². The molecule has 0 aliphatic carbocycles. The van der Waals surface area contributed by atoms with Gasteiger partial charge in [0.2, 0.25) is 0 Å². The van der Waals surface area contributed by atoms with Crippen LogP contribution in [-0.2, 0) is 6.54 Å². The molecule has 0 bridgehead atoms. The SMILES string of the molecule is NCc1cn2ccnc2cc1F. The van der Waals surface area contributed by atoms with Crippen molar-refractivity contribution in [1.82, 2.24) is 9.38 Å². The molecule has 0 saturated heterocycles. The number of hydrogen-bond donors (Lipinski definition) is 1. The Bertz CT molecular complexity index is 408.